The molecule has 1 aromatic heterocycles. The number of hydrogen-bond acceptors (Lipinski definition) is 6. The Hall–Kier alpha value is -2.84. The quantitative estimate of drug-likeness (QED) is 0.573. The molecule has 3 N–H and O–H groups in total. The largest absolute Gasteiger partial charge is 0.365 e. The van der Waals surface area contributed by atoms with Crippen LogP contribution in [0.4, 0.5) is 10.3 Å². The maximum Gasteiger partial charge on any atom is 0.263 e. The first-order chi connectivity index (χ1) is 9.13. The predicted molar refractivity (Wildman–Crippen MR) is 64.4 cm³/mol. The average molecular weight is 263 g/mol. The molecule has 0 aliphatic carbocycles. The molecular weight excluding hydrogens is 253 g/mol. The van der Waals surface area contributed by atoms with E-state index in [-0.39, 0.29) is 18.3 Å². The minimum absolute atomic E-state index is 0.0115. The van der Waals surface area contributed by atoms with Crippen molar-refractivity contribution in [2.45, 2.75) is 6.54 Å². The van der Waals surface area contributed by atoms with Crippen LogP contribution < -0.4 is 11.2 Å². The summed E-state index contributed by atoms with van der Waals surface area (Å²) in [5.41, 5.74) is 8.17. The summed E-state index contributed by atoms with van der Waals surface area (Å²) < 4.78 is 12.6. The van der Waals surface area contributed by atoms with Crippen LogP contribution in [-0.4, -0.2) is 32.3 Å². The molecule has 98 valence electrons. The van der Waals surface area contributed by atoms with Gasteiger partial charge >= 0.3 is 0 Å². The minimum Gasteiger partial charge on any atom is -0.365 e. The Kier molecular flexibility index (Phi) is 3.76. The first kappa shape index (κ1) is 12.6. The van der Waals surface area contributed by atoms with Crippen LogP contribution in [0.1, 0.15) is 5.56 Å². The Labute approximate surface area is 107 Å². The van der Waals surface area contributed by atoms with Crippen molar-refractivity contribution in [2.75, 3.05) is 5.73 Å². The predicted octanol–water partition coefficient (Wildman–Crippen LogP) is -0.455. The molecule has 2 aromatic rings. The first-order valence-electron chi connectivity index (χ1n) is 5.24. The van der Waals surface area contributed by atoms with Crippen LogP contribution in [0.3, 0.4) is 0 Å². The number of tetrazole rings is 1. The van der Waals surface area contributed by atoms with E-state index in [4.69, 9.17) is 5.73 Å². The number of rotatable bonds is 4. The van der Waals surface area contributed by atoms with E-state index in [1.165, 1.54) is 30.5 Å². The van der Waals surface area contributed by atoms with Gasteiger partial charge in [-0.25, -0.2) is 9.82 Å². The van der Waals surface area contributed by atoms with Gasteiger partial charge in [0.15, 0.2) is 0 Å². The number of anilines is 1. The molecule has 1 aromatic carbocycles. The first-order valence-corrected chi connectivity index (χ1v) is 5.24. The third-order valence-electron chi connectivity index (χ3n) is 2.03. The molecule has 9 heteroatoms. The van der Waals surface area contributed by atoms with E-state index >= 15 is 0 Å². The van der Waals surface area contributed by atoms with E-state index < -0.39 is 5.91 Å². The van der Waals surface area contributed by atoms with E-state index in [0.29, 0.717) is 5.56 Å². The van der Waals surface area contributed by atoms with Crippen molar-refractivity contribution in [1.29, 1.82) is 0 Å². The maximum atomic E-state index is 12.6. The van der Waals surface area contributed by atoms with Gasteiger partial charge in [-0.05, 0) is 22.9 Å². The minimum atomic E-state index is -0.434. The summed E-state index contributed by atoms with van der Waals surface area (Å²) in [5.74, 6) is -0.783. The molecule has 0 unspecified atom stereocenters. The summed E-state index contributed by atoms with van der Waals surface area (Å²) in [5, 5.41) is 14.3. The zero-order valence-electron chi connectivity index (χ0n) is 9.69. The number of benzene rings is 1. The molecule has 0 radical (unpaired) electrons. The normalized spacial score (nSPS) is 10.8. The van der Waals surface area contributed by atoms with Crippen molar-refractivity contribution in [3.63, 3.8) is 0 Å². The number of aromatic nitrogens is 4. The number of halogens is 1. The smallest absolute Gasteiger partial charge is 0.263 e. The third-order valence-corrected chi connectivity index (χ3v) is 2.03. The zero-order valence-corrected chi connectivity index (χ0v) is 9.69. The molecule has 0 spiro atoms. The standard InChI is InChI=1S/C10H10FN7O/c11-8-3-1-7(2-4-8)5-13-14-9(19)6-18-16-10(12)15-17-18/h1-5H,6H2,(H2,12,16)(H,14,19). The van der Waals surface area contributed by atoms with Gasteiger partial charge in [0.05, 0.1) is 6.21 Å². The second-order valence-corrected chi connectivity index (χ2v) is 3.52. The topological polar surface area (TPSA) is 111 Å². The number of nitrogens with one attached hydrogen (secondary N) is 1. The van der Waals surface area contributed by atoms with Crippen LogP contribution in [0, 0.1) is 5.82 Å². The molecule has 19 heavy (non-hydrogen) atoms. The monoisotopic (exact) mass is 263 g/mol. The van der Waals surface area contributed by atoms with Gasteiger partial charge < -0.3 is 5.73 Å². The van der Waals surface area contributed by atoms with Crippen molar-refractivity contribution < 1.29 is 9.18 Å². The van der Waals surface area contributed by atoms with Crippen LogP contribution in [0.15, 0.2) is 29.4 Å². The molecule has 0 fully saturated rings. The molecule has 0 saturated carbocycles. The Morgan fingerprint density at radius 3 is 2.84 bits per heavy atom. The average Bonchev–Trinajstić information content (AvgIpc) is 2.77. The van der Waals surface area contributed by atoms with Gasteiger partial charge in [0.1, 0.15) is 12.4 Å². The summed E-state index contributed by atoms with van der Waals surface area (Å²) >= 11 is 0. The lowest BCUT2D eigenvalue weighted by Gasteiger charge is -1.97. The van der Waals surface area contributed by atoms with Crippen LogP contribution in [0.5, 0.6) is 0 Å². The van der Waals surface area contributed by atoms with Gasteiger partial charge in [-0.2, -0.15) is 9.90 Å². The van der Waals surface area contributed by atoms with Crippen molar-refractivity contribution in [3.05, 3.63) is 35.6 Å². The number of hydrazone groups is 1. The Morgan fingerprint density at radius 2 is 2.21 bits per heavy atom. The van der Waals surface area contributed by atoms with E-state index in [2.05, 4.69) is 25.9 Å². The lowest BCUT2D eigenvalue weighted by atomic mass is 10.2. The maximum absolute atomic E-state index is 12.6. The van der Waals surface area contributed by atoms with Crippen molar-refractivity contribution in [2.24, 2.45) is 5.10 Å². The van der Waals surface area contributed by atoms with E-state index in [0.717, 1.165) is 4.80 Å². The third kappa shape index (κ3) is 3.84. The summed E-state index contributed by atoms with van der Waals surface area (Å²) in [6.45, 7) is -0.148. The molecule has 1 amide bonds. The number of amides is 1. The Bertz CT molecular complexity index is 592. The van der Waals surface area contributed by atoms with Crippen LogP contribution in [-0.2, 0) is 11.3 Å². The fourth-order valence-electron chi connectivity index (χ4n) is 1.21. The number of nitrogen functional groups attached to an aromatic ring is 1. The molecule has 0 saturated heterocycles. The highest BCUT2D eigenvalue weighted by molar-refractivity contribution is 5.82. The van der Waals surface area contributed by atoms with E-state index in [9.17, 15) is 9.18 Å². The Balaban J connectivity index is 1.84. The van der Waals surface area contributed by atoms with Crippen molar-refractivity contribution in [3.8, 4) is 0 Å². The molecule has 0 bridgehead atoms. The van der Waals surface area contributed by atoms with Crippen molar-refractivity contribution >= 4 is 18.1 Å². The van der Waals surface area contributed by atoms with Crippen LogP contribution in [0.25, 0.3) is 0 Å². The number of nitrogens with zero attached hydrogens (tertiary/aromatic N) is 5. The number of carbonyl (C=O) groups is 1. The zero-order chi connectivity index (χ0) is 13.7. The molecular formula is C10H10FN7O. The van der Waals surface area contributed by atoms with Gasteiger partial charge in [-0.3, -0.25) is 4.79 Å². The summed E-state index contributed by atoms with van der Waals surface area (Å²) in [6.07, 6.45) is 1.39. The molecule has 0 aliphatic heterocycles. The number of nitrogens with two attached hydrogens (primary N) is 1. The lowest BCUT2D eigenvalue weighted by molar-refractivity contribution is -0.122. The highest BCUT2D eigenvalue weighted by atomic mass is 19.1. The highest BCUT2D eigenvalue weighted by Gasteiger charge is 2.04. The molecule has 0 aliphatic rings. The van der Waals surface area contributed by atoms with Gasteiger partial charge in [-0.1, -0.05) is 17.2 Å². The molecule has 8 nitrogen and oxygen atoms in total. The molecule has 2 rings (SSSR count). The van der Waals surface area contributed by atoms with Crippen LogP contribution in [0.2, 0.25) is 0 Å². The highest BCUT2D eigenvalue weighted by Crippen LogP contribution is 1.99. The molecule has 0 atom stereocenters. The van der Waals surface area contributed by atoms with Gasteiger partial charge in [0.25, 0.3) is 11.9 Å². The SMILES string of the molecule is Nc1nnn(CC(=O)NN=Cc2ccc(F)cc2)n1. The summed E-state index contributed by atoms with van der Waals surface area (Å²) in [7, 11) is 0. The lowest BCUT2D eigenvalue weighted by Crippen LogP contribution is -2.24. The van der Waals surface area contributed by atoms with E-state index in [1.54, 1.807) is 0 Å². The van der Waals surface area contributed by atoms with Gasteiger partial charge in [-0.15, -0.1) is 5.10 Å². The van der Waals surface area contributed by atoms with Gasteiger partial charge in [0.2, 0.25) is 0 Å². The fourth-order valence-corrected chi connectivity index (χ4v) is 1.21. The van der Waals surface area contributed by atoms with E-state index in [1.807, 2.05) is 0 Å². The van der Waals surface area contributed by atoms with Crippen molar-refractivity contribution in [1.82, 2.24) is 25.6 Å². The second kappa shape index (κ2) is 5.67. The van der Waals surface area contributed by atoms with Gasteiger partial charge in [0, 0.05) is 0 Å². The fraction of sp³-hybridized carbons (Fsp3) is 0.100. The Morgan fingerprint density at radius 1 is 1.47 bits per heavy atom. The number of carbonyl (C=O) groups excluding carboxylic acids is 1. The van der Waals surface area contributed by atoms with Crippen LogP contribution >= 0.6 is 0 Å². The molecule has 1 heterocycles. The second-order valence-electron chi connectivity index (χ2n) is 3.52. The summed E-state index contributed by atoms with van der Waals surface area (Å²) in [6, 6.07) is 5.66. The summed E-state index contributed by atoms with van der Waals surface area (Å²) in [4.78, 5) is 12.5. The number of hydrogen-bond donors (Lipinski definition) is 2.